The van der Waals surface area contributed by atoms with E-state index in [9.17, 15) is 4.79 Å². The van der Waals surface area contributed by atoms with Crippen LogP contribution in [0.4, 0.5) is 0 Å². The lowest BCUT2D eigenvalue weighted by atomic mass is 10.2. The van der Waals surface area contributed by atoms with Crippen molar-refractivity contribution in [2.45, 2.75) is 20.0 Å². The topological polar surface area (TPSA) is 38.3 Å². The number of likely N-dealkylation sites (N-methyl/N-ethyl adjacent to an activating group) is 1. The van der Waals surface area contributed by atoms with E-state index in [1.807, 2.05) is 38.2 Å². The number of ether oxygens (including phenoxy) is 1. The van der Waals surface area contributed by atoms with Crippen molar-refractivity contribution in [3.05, 3.63) is 35.9 Å². The van der Waals surface area contributed by atoms with Crippen LogP contribution in [-0.2, 0) is 4.79 Å². The quantitative estimate of drug-likeness (QED) is 0.766. The summed E-state index contributed by atoms with van der Waals surface area (Å²) >= 11 is 0. The van der Waals surface area contributed by atoms with Gasteiger partial charge in [-0.2, -0.15) is 0 Å². The number of allylic oxidation sites excluding steroid dienone is 1. The van der Waals surface area contributed by atoms with E-state index in [0.29, 0.717) is 0 Å². The Morgan fingerprint density at radius 3 is 2.94 bits per heavy atom. The number of hydrogen-bond donors (Lipinski definition) is 1. The molecule has 1 aromatic rings. The summed E-state index contributed by atoms with van der Waals surface area (Å²) < 4.78 is 5.72. The van der Waals surface area contributed by atoms with Crippen LogP contribution >= 0.6 is 0 Å². The summed E-state index contributed by atoms with van der Waals surface area (Å²) in [7, 11) is 1.89. The fraction of sp³-hybridized carbons (Fsp3) is 0.357. The molecule has 1 aromatic carbocycles. The molecule has 0 saturated carbocycles. The van der Waals surface area contributed by atoms with Gasteiger partial charge in [0.2, 0.25) is 0 Å². The monoisotopic (exact) mass is 233 g/mol. The van der Waals surface area contributed by atoms with Gasteiger partial charge in [0.15, 0.2) is 5.78 Å². The molecule has 17 heavy (non-hydrogen) atoms. The molecule has 3 nitrogen and oxygen atoms in total. The molecule has 3 heteroatoms. The first-order valence-corrected chi connectivity index (χ1v) is 5.72. The van der Waals surface area contributed by atoms with Gasteiger partial charge in [-0.15, -0.1) is 0 Å². The van der Waals surface area contributed by atoms with Crippen molar-refractivity contribution >= 4 is 11.9 Å². The Bertz CT molecular complexity index is 399. The van der Waals surface area contributed by atoms with Gasteiger partial charge in [0.25, 0.3) is 0 Å². The minimum Gasteiger partial charge on any atom is -0.489 e. The molecule has 0 radical (unpaired) electrons. The molecular weight excluding hydrogens is 214 g/mol. The van der Waals surface area contributed by atoms with Crippen LogP contribution in [0.5, 0.6) is 5.75 Å². The lowest BCUT2D eigenvalue weighted by Crippen LogP contribution is -2.25. The van der Waals surface area contributed by atoms with Gasteiger partial charge < -0.3 is 10.1 Å². The lowest BCUT2D eigenvalue weighted by molar-refractivity contribution is -0.112. The molecule has 0 aliphatic carbocycles. The predicted molar refractivity (Wildman–Crippen MR) is 70.2 cm³/mol. The van der Waals surface area contributed by atoms with Crippen LogP contribution in [0.25, 0.3) is 6.08 Å². The van der Waals surface area contributed by atoms with Gasteiger partial charge in [0.1, 0.15) is 11.9 Å². The molecule has 0 fully saturated rings. The van der Waals surface area contributed by atoms with Crippen molar-refractivity contribution in [3.63, 3.8) is 0 Å². The summed E-state index contributed by atoms with van der Waals surface area (Å²) in [5.74, 6) is 0.860. The van der Waals surface area contributed by atoms with Crippen LogP contribution in [0, 0.1) is 0 Å². The first-order chi connectivity index (χ1) is 8.11. The SMILES string of the molecule is CNCC(C)Oc1cccc(/C=C/C(C)=O)c1. The summed E-state index contributed by atoms with van der Waals surface area (Å²) in [5, 5.41) is 3.06. The van der Waals surface area contributed by atoms with Gasteiger partial charge in [-0.25, -0.2) is 0 Å². The Morgan fingerprint density at radius 1 is 1.53 bits per heavy atom. The Morgan fingerprint density at radius 2 is 2.29 bits per heavy atom. The van der Waals surface area contributed by atoms with Gasteiger partial charge in [-0.05, 0) is 44.7 Å². The summed E-state index contributed by atoms with van der Waals surface area (Å²) in [6.45, 7) is 4.34. The minimum atomic E-state index is 0.0415. The zero-order chi connectivity index (χ0) is 12.7. The zero-order valence-electron chi connectivity index (χ0n) is 10.6. The fourth-order valence-electron chi connectivity index (χ4n) is 1.47. The summed E-state index contributed by atoms with van der Waals surface area (Å²) in [4.78, 5) is 10.8. The van der Waals surface area contributed by atoms with Gasteiger partial charge in [0.05, 0.1) is 0 Å². The van der Waals surface area contributed by atoms with Crippen LogP contribution in [0.1, 0.15) is 19.4 Å². The third kappa shape index (κ3) is 5.31. The summed E-state index contributed by atoms with van der Waals surface area (Å²) in [6.07, 6.45) is 3.46. The van der Waals surface area contributed by atoms with Gasteiger partial charge in [0, 0.05) is 6.54 Å². The highest BCUT2D eigenvalue weighted by molar-refractivity contribution is 5.91. The highest BCUT2D eigenvalue weighted by atomic mass is 16.5. The maximum absolute atomic E-state index is 10.8. The van der Waals surface area contributed by atoms with E-state index in [-0.39, 0.29) is 11.9 Å². The normalized spacial score (nSPS) is 12.6. The molecular formula is C14H19NO2. The molecule has 0 aliphatic heterocycles. The molecule has 0 bridgehead atoms. The number of hydrogen-bond acceptors (Lipinski definition) is 3. The van der Waals surface area contributed by atoms with Crippen LogP contribution < -0.4 is 10.1 Å². The third-order valence-electron chi connectivity index (χ3n) is 2.20. The first-order valence-electron chi connectivity index (χ1n) is 5.72. The second-order valence-corrected chi connectivity index (χ2v) is 4.00. The molecule has 0 amide bonds. The van der Waals surface area contributed by atoms with E-state index < -0.39 is 0 Å². The van der Waals surface area contributed by atoms with Crippen molar-refractivity contribution in [2.75, 3.05) is 13.6 Å². The third-order valence-corrected chi connectivity index (χ3v) is 2.20. The second-order valence-electron chi connectivity index (χ2n) is 4.00. The average Bonchev–Trinajstić information content (AvgIpc) is 2.27. The zero-order valence-corrected chi connectivity index (χ0v) is 10.6. The van der Waals surface area contributed by atoms with E-state index in [1.54, 1.807) is 12.2 Å². The molecule has 1 unspecified atom stereocenters. The van der Waals surface area contributed by atoms with Gasteiger partial charge in [-0.3, -0.25) is 4.79 Å². The molecule has 1 N–H and O–H groups in total. The summed E-state index contributed by atoms with van der Waals surface area (Å²) in [5.41, 5.74) is 0.967. The van der Waals surface area contributed by atoms with Crippen molar-refractivity contribution < 1.29 is 9.53 Å². The molecule has 0 spiro atoms. The van der Waals surface area contributed by atoms with E-state index in [4.69, 9.17) is 4.74 Å². The molecule has 1 rings (SSSR count). The van der Waals surface area contributed by atoms with Crippen molar-refractivity contribution in [3.8, 4) is 5.75 Å². The number of rotatable bonds is 6. The van der Waals surface area contributed by atoms with E-state index in [2.05, 4.69) is 5.32 Å². The molecule has 1 atom stereocenters. The summed E-state index contributed by atoms with van der Waals surface area (Å²) in [6, 6.07) is 7.69. The van der Waals surface area contributed by atoms with Gasteiger partial charge in [-0.1, -0.05) is 18.2 Å². The Labute approximate surface area is 102 Å². The first kappa shape index (κ1) is 13.5. The maximum Gasteiger partial charge on any atom is 0.152 e. The Balaban J connectivity index is 2.68. The van der Waals surface area contributed by atoms with E-state index in [1.165, 1.54) is 6.92 Å². The second kappa shape index (κ2) is 6.86. The van der Waals surface area contributed by atoms with E-state index >= 15 is 0 Å². The van der Waals surface area contributed by atoms with Crippen LogP contribution in [0.3, 0.4) is 0 Å². The number of nitrogens with one attached hydrogen (secondary N) is 1. The maximum atomic E-state index is 10.8. The van der Waals surface area contributed by atoms with Crippen molar-refractivity contribution in [2.24, 2.45) is 0 Å². The lowest BCUT2D eigenvalue weighted by Gasteiger charge is -2.14. The average molecular weight is 233 g/mol. The molecule has 92 valence electrons. The van der Waals surface area contributed by atoms with Crippen molar-refractivity contribution in [1.29, 1.82) is 0 Å². The Hall–Kier alpha value is -1.61. The predicted octanol–water partition coefficient (Wildman–Crippen LogP) is 2.28. The highest BCUT2D eigenvalue weighted by Crippen LogP contribution is 2.15. The smallest absolute Gasteiger partial charge is 0.152 e. The molecule has 0 aliphatic rings. The number of carbonyl (C=O) groups excluding carboxylic acids is 1. The Kier molecular flexibility index (Phi) is 5.43. The largest absolute Gasteiger partial charge is 0.489 e. The minimum absolute atomic E-state index is 0.0415. The van der Waals surface area contributed by atoms with Crippen LogP contribution in [0.2, 0.25) is 0 Å². The van der Waals surface area contributed by atoms with Crippen LogP contribution in [-0.4, -0.2) is 25.5 Å². The molecule has 0 heterocycles. The highest BCUT2D eigenvalue weighted by Gasteiger charge is 2.02. The standard InChI is InChI=1S/C14H19NO2/c1-11(16)7-8-13-5-4-6-14(9-13)17-12(2)10-15-3/h4-9,12,15H,10H2,1-3H3/b8-7+. The number of ketones is 1. The van der Waals surface area contributed by atoms with E-state index in [0.717, 1.165) is 17.9 Å². The molecule has 0 aromatic heterocycles. The van der Waals surface area contributed by atoms with Gasteiger partial charge >= 0.3 is 0 Å². The number of carbonyl (C=O) groups is 1. The van der Waals surface area contributed by atoms with Crippen molar-refractivity contribution in [1.82, 2.24) is 5.32 Å². The molecule has 0 saturated heterocycles. The van der Waals surface area contributed by atoms with Crippen LogP contribution in [0.15, 0.2) is 30.3 Å². The number of benzene rings is 1. The fourth-order valence-corrected chi connectivity index (χ4v) is 1.47.